The maximum absolute atomic E-state index is 13.3. The number of rotatable bonds is 4. The lowest BCUT2D eigenvalue weighted by atomic mass is 9.97. The van der Waals surface area contributed by atoms with Gasteiger partial charge in [0.15, 0.2) is 0 Å². The van der Waals surface area contributed by atoms with Gasteiger partial charge in [-0.2, -0.15) is 0 Å². The average Bonchev–Trinajstić information content (AvgIpc) is 2.34. The Labute approximate surface area is 108 Å². The largest absolute Gasteiger partial charge is 0.390 e. The Morgan fingerprint density at radius 3 is 2.78 bits per heavy atom. The number of benzene rings is 1. The van der Waals surface area contributed by atoms with Crippen LogP contribution in [0.4, 0.5) is 4.39 Å². The predicted octanol–water partition coefficient (Wildman–Crippen LogP) is 3.82. The highest BCUT2D eigenvalue weighted by Gasteiger charge is 2.05. The molecule has 1 aromatic rings. The monoisotopic (exact) mass is 246 g/mol. The molecule has 0 aliphatic carbocycles. The van der Waals surface area contributed by atoms with Crippen molar-refractivity contribution in [1.82, 2.24) is 0 Å². The van der Waals surface area contributed by atoms with Gasteiger partial charge in [0.25, 0.3) is 0 Å². The lowest BCUT2D eigenvalue weighted by Crippen LogP contribution is -1.91. The van der Waals surface area contributed by atoms with Crippen molar-refractivity contribution in [2.75, 3.05) is 0 Å². The fourth-order valence-corrected chi connectivity index (χ4v) is 1.75. The molecular weight excluding hydrogens is 227 g/mol. The van der Waals surface area contributed by atoms with E-state index in [9.17, 15) is 4.39 Å². The van der Waals surface area contributed by atoms with Gasteiger partial charge in [-0.3, -0.25) is 0 Å². The Hall–Kier alpha value is -1.90. The van der Waals surface area contributed by atoms with E-state index < -0.39 is 0 Å². The number of aryl methyl sites for hydroxylation is 1. The molecule has 0 amide bonds. The van der Waals surface area contributed by atoms with Crippen molar-refractivity contribution in [2.24, 2.45) is 10.7 Å². The third-order valence-corrected chi connectivity index (χ3v) is 2.79. The van der Waals surface area contributed by atoms with E-state index in [1.807, 2.05) is 32.9 Å². The summed E-state index contributed by atoms with van der Waals surface area (Å²) in [5.74, 6) is -0.212. The quantitative estimate of drug-likeness (QED) is 0.636. The van der Waals surface area contributed by atoms with E-state index in [1.165, 1.54) is 12.4 Å². The summed E-state index contributed by atoms with van der Waals surface area (Å²) in [4.78, 5) is 3.98. The first-order valence-electron chi connectivity index (χ1n) is 5.91. The lowest BCUT2D eigenvalue weighted by molar-refractivity contribution is 0.627. The van der Waals surface area contributed by atoms with E-state index in [-0.39, 0.29) is 5.82 Å². The SMILES string of the molecule is C/C=C(/C/C=C(/C)N=CN)c1cc(F)ccc1C. The highest BCUT2D eigenvalue weighted by atomic mass is 19.1. The van der Waals surface area contributed by atoms with Crippen LogP contribution in [-0.4, -0.2) is 6.34 Å². The van der Waals surface area contributed by atoms with Gasteiger partial charge in [-0.25, -0.2) is 9.38 Å². The molecule has 0 spiro atoms. The zero-order chi connectivity index (χ0) is 13.5. The molecule has 0 bridgehead atoms. The predicted molar refractivity (Wildman–Crippen MR) is 75.8 cm³/mol. The highest BCUT2D eigenvalue weighted by Crippen LogP contribution is 2.24. The lowest BCUT2D eigenvalue weighted by Gasteiger charge is -2.09. The minimum Gasteiger partial charge on any atom is -0.390 e. The summed E-state index contributed by atoms with van der Waals surface area (Å²) in [6.45, 7) is 5.82. The van der Waals surface area contributed by atoms with Crippen LogP contribution < -0.4 is 5.73 Å². The zero-order valence-electron chi connectivity index (χ0n) is 11.1. The van der Waals surface area contributed by atoms with Crippen molar-refractivity contribution in [1.29, 1.82) is 0 Å². The Balaban J connectivity index is 2.98. The van der Waals surface area contributed by atoms with E-state index in [1.54, 1.807) is 12.1 Å². The van der Waals surface area contributed by atoms with Crippen molar-refractivity contribution in [3.8, 4) is 0 Å². The minimum absolute atomic E-state index is 0.212. The van der Waals surface area contributed by atoms with Crippen LogP contribution >= 0.6 is 0 Å². The van der Waals surface area contributed by atoms with Gasteiger partial charge in [-0.15, -0.1) is 0 Å². The second kappa shape index (κ2) is 6.74. The summed E-state index contributed by atoms with van der Waals surface area (Å²) in [5.41, 5.74) is 9.17. The van der Waals surface area contributed by atoms with E-state index >= 15 is 0 Å². The summed E-state index contributed by atoms with van der Waals surface area (Å²) < 4.78 is 13.3. The summed E-state index contributed by atoms with van der Waals surface area (Å²) in [5, 5.41) is 0. The number of nitrogens with zero attached hydrogens (tertiary/aromatic N) is 1. The fourth-order valence-electron chi connectivity index (χ4n) is 1.75. The molecule has 0 aromatic heterocycles. The number of hydrogen-bond donors (Lipinski definition) is 1. The van der Waals surface area contributed by atoms with Crippen LogP contribution in [0.1, 0.15) is 31.4 Å². The van der Waals surface area contributed by atoms with Gasteiger partial charge >= 0.3 is 0 Å². The molecule has 0 unspecified atom stereocenters. The first-order valence-corrected chi connectivity index (χ1v) is 5.91. The van der Waals surface area contributed by atoms with Gasteiger partial charge < -0.3 is 5.73 Å². The molecule has 0 aliphatic heterocycles. The van der Waals surface area contributed by atoms with Crippen LogP contribution in [0.3, 0.4) is 0 Å². The molecule has 0 aliphatic rings. The fraction of sp³-hybridized carbons (Fsp3) is 0.267. The van der Waals surface area contributed by atoms with Crippen LogP contribution in [0.5, 0.6) is 0 Å². The molecule has 18 heavy (non-hydrogen) atoms. The van der Waals surface area contributed by atoms with Crippen molar-refractivity contribution in [2.45, 2.75) is 27.2 Å². The van der Waals surface area contributed by atoms with E-state index in [0.717, 1.165) is 22.4 Å². The van der Waals surface area contributed by atoms with Gasteiger partial charge in [0.1, 0.15) is 5.82 Å². The standard InChI is InChI=1S/C15H19FN2/c1-4-13(7-6-12(3)18-10-17)15-9-14(16)8-5-11(15)2/h4-6,8-10H,7H2,1-3H3,(H2,17,18)/b12-6-,13-4-. The number of hydrogen-bond acceptors (Lipinski definition) is 1. The summed E-state index contributed by atoms with van der Waals surface area (Å²) >= 11 is 0. The molecule has 96 valence electrons. The number of allylic oxidation sites excluding steroid dienone is 4. The molecular formula is C15H19FN2. The molecule has 0 atom stereocenters. The van der Waals surface area contributed by atoms with Crippen LogP contribution in [0.25, 0.3) is 5.57 Å². The molecule has 0 fully saturated rings. The van der Waals surface area contributed by atoms with Crippen molar-refractivity contribution in [3.63, 3.8) is 0 Å². The van der Waals surface area contributed by atoms with Crippen molar-refractivity contribution in [3.05, 3.63) is 53.0 Å². The first kappa shape index (κ1) is 14.2. The maximum Gasteiger partial charge on any atom is 0.123 e. The van der Waals surface area contributed by atoms with Crippen LogP contribution in [-0.2, 0) is 0 Å². The summed E-state index contributed by atoms with van der Waals surface area (Å²) in [7, 11) is 0. The molecule has 0 heterocycles. The second-order valence-electron chi connectivity index (χ2n) is 4.10. The van der Waals surface area contributed by atoms with E-state index in [0.29, 0.717) is 6.42 Å². The van der Waals surface area contributed by atoms with Crippen LogP contribution in [0, 0.1) is 12.7 Å². The van der Waals surface area contributed by atoms with Gasteiger partial charge in [0.2, 0.25) is 0 Å². The zero-order valence-corrected chi connectivity index (χ0v) is 11.1. The number of nitrogens with two attached hydrogens (primary N) is 1. The highest BCUT2D eigenvalue weighted by molar-refractivity contribution is 5.69. The van der Waals surface area contributed by atoms with Gasteiger partial charge in [-0.1, -0.05) is 18.2 Å². The molecule has 0 radical (unpaired) electrons. The summed E-state index contributed by atoms with van der Waals surface area (Å²) in [6.07, 6.45) is 5.96. The second-order valence-corrected chi connectivity index (χ2v) is 4.10. The average molecular weight is 246 g/mol. The van der Waals surface area contributed by atoms with Crippen molar-refractivity contribution < 1.29 is 4.39 Å². The number of halogens is 1. The first-order chi connectivity index (χ1) is 8.58. The molecule has 0 saturated heterocycles. The normalized spacial score (nSPS) is 13.3. The molecule has 2 N–H and O–H groups in total. The third kappa shape index (κ3) is 3.84. The molecule has 3 heteroatoms. The smallest absolute Gasteiger partial charge is 0.123 e. The Kier molecular flexibility index (Phi) is 5.31. The van der Waals surface area contributed by atoms with Gasteiger partial charge in [-0.05, 0) is 56.0 Å². The van der Waals surface area contributed by atoms with Crippen LogP contribution in [0.2, 0.25) is 0 Å². The minimum atomic E-state index is -0.212. The Morgan fingerprint density at radius 1 is 1.44 bits per heavy atom. The van der Waals surface area contributed by atoms with E-state index in [4.69, 9.17) is 5.73 Å². The number of aliphatic imine (C=N–C) groups is 1. The topological polar surface area (TPSA) is 38.4 Å². The molecule has 0 saturated carbocycles. The molecule has 2 nitrogen and oxygen atoms in total. The van der Waals surface area contributed by atoms with E-state index in [2.05, 4.69) is 4.99 Å². The molecule has 1 aromatic carbocycles. The third-order valence-electron chi connectivity index (χ3n) is 2.79. The Morgan fingerprint density at radius 2 is 2.17 bits per heavy atom. The van der Waals surface area contributed by atoms with Crippen molar-refractivity contribution >= 4 is 11.9 Å². The Bertz CT molecular complexity index is 499. The molecule has 1 rings (SSSR count). The van der Waals surface area contributed by atoms with Gasteiger partial charge in [0.05, 0.1) is 6.34 Å². The maximum atomic E-state index is 13.3. The van der Waals surface area contributed by atoms with Crippen LogP contribution in [0.15, 0.2) is 41.0 Å². The summed E-state index contributed by atoms with van der Waals surface area (Å²) in [6, 6.07) is 4.84. The van der Waals surface area contributed by atoms with Gasteiger partial charge in [0, 0.05) is 5.70 Å².